The summed E-state index contributed by atoms with van der Waals surface area (Å²) >= 11 is 0. The molecule has 0 unspecified atom stereocenters. The van der Waals surface area contributed by atoms with Gasteiger partial charge in [0, 0.05) is 24.8 Å². The van der Waals surface area contributed by atoms with Crippen LogP contribution in [0.2, 0.25) is 0 Å². The molecule has 3 rings (SSSR count). The summed E-state index contributed by atoms with van der Waals surface area (Å²) in [5.41, 5.74) is 2.20. The summed E-state index contributed by atoms with van der Waals surface area (Å²) in [6.07, 6.45) is 8.29. The molecule has 5 heteroatoms. The van der Waals surface area contributed by atoms with Gasteiger partial charge in [0.2, 0.25) is 0 Å². The molecule has 25 heavy (non-hydrogen) atoms. The van der Waals surface area contributed by atoms with Crippen molar-refractivity contribution in [2.24, 2.45) is 0 Å². The maximum absolute atomic E-state index is 12.8. The van der Waals surface area contributed by atoms with E-state index in [1.54, 1.807) is 6.08 Å². The Balaban J connectivity index is 1.84. The molecule has 128 valence electrons. The van der Waals surface area contributed by atoms with Crippen LogP contribution in [0.25, 0.3) is 12.2 Å². The van der Waals surface area contributed by atoms with Crippen LogP contribution in [0.5, 0.6) is 0 Å². The van der Waals surface area contributed by atoms with E-state index in [-0.39, 0.29) is 11.5 Å². The number of carboxylic acid groups (broad SMARTS) is 1. The Morgan fingerprint density at radius 3 is 2.56 bits per heavy atom. The third-order valence-electron chi connectivity index (χ3n) is 4.30. The lowest BCUT2D eigenvalue weighted by Crippen LogP contribution is -2.35. The maximum atomic E-state index is 12.8. The number of carboxylic acids is 1. The normalized spacial score (nSPS) is 14.6. The topological polar surface area (TPSA) is 70.5 Å². The van der Waals surface area contributed by atoms with Gasteiger partial charge in [0.1, 0.15) is 0 Å². The summed E-state index contributed by atoms with van der Waals surface area (Å²) in [5.74, 6) is -0.940. The molecule has 1 aliphatic heterocycles. The number of rotatable bonds is 4. The van der Waals surface area contributed by atoms with E-state index in [0.29, 0.717) is 11.3 Å². The van der Waals surface area contributed by atoms with Crippen LogP contribution in [-0.4, -0.2) is 40.0 Å². The van der Waals surface area contributed by atoms with Gasteiger partial charge in [-0.1, -0.05) is 24.3 Å². The van der Waals surface area contributed by atoms with Crippen molar-refractivity contribution < 1.29 is 14.7 Å². The van der Waals surface area contributed by atoms with Gasteiger partial charge in [-0.3, -0.25) is 9.78 Å². The number of amides is 1. The van der Waals surface area contributed by atoms with Crippen LogP contribution in [0.3, 0.4) is 0 Å². The number of benzene rings is 1. The quantitative estimate of drug-likeness (QED) is 0.926. The molecule has 1 aromatic heterocycles. The van der Waals surface area contributed by atoms with Crippen molar-refractivity contribution in [1.29, 1.82) is 0 Å². The number of carbonyl (C=O) groups excluding carboxylic acids is 1. The lowest BCUT2D eigenvalue weighted by Gasteiger charge is -2.27. The van der Waals surface area contributed by atoms with E-state index in [1.807, 2.05) is 35.2 Å². The van der Waals surface area contributed by atoms with Crippen LogP contribution in [0.15, 0.2) is 42.6 Å². The summed E-state index contributed by atoms with van der Waals surface area (Å²) in [7, 11) is 0. The van der Waals surface area contributed by atoms with Crippen molar-refractivity contribution in [1.82, 2.24) is 9.88 Å². The number of piperidine rings is 1. The molecule has 5 nitrogen and oxygen atoms in total. The zero-order valence-electron chi connectivity index (χ0n) is 13.9. The van der Waals surface area contributed by atoms with Gasteiger partial charge in [-0.2, -0.15) is 0 Å². The highest BCUT2D eigenvalue weighted by molar-refractivity contribution is 5.98. The van der Waals surface area contributed by atoms with Crippen LogP contribution in [0.1, 0.15) is 51.2 Å². The number of nitrogens with zero attached hydrogens (tertiary/aromatic N) is 2. The predicted molar refractivity (Wildman–Crippen MR) is 96.3 cm³/mol. The van der Waals surface area contributed by atoms with E-state index in [9.17, 15) is 9.59 Å². The molecule has 0 saturated carbocycles. The Hall–Kier alpha value is -2.95. The fourth-order valence-corrected chi connectivity index (χ4v) is 2.95. The predicted octanol–water partition coefficient (Wildman–Crippen LogP) is 3.58. The van der Waals surface area contributed by atoms with E-state index in [2.05, 4.69) is 4.98 Å². The molecule has 1 saturated heterocycles. The number of likely N-dealkylation sites (tertiary alicyclic amines) is 1. The van der Waals surface area contributed by atoms with Crippen molar-refractivity contribution in [2.75, 3.05) is 13.1 Å². The number of pyridine rings is 1. The largest absolute Gasteiger partial charge is 0.478 e. The van der Waals surface area contributed by atoms with Crippen molar-refractivity contribution >= 4 is 24.0 Å². The molecule has 1 aliphatic rings. The Labute approximate surface area is 146 Å². The summed E-state index contributed by atoms with van der Waals surface area (Å²) in [6.45, 7) is 1.61. The first-order valence-electron chi connectivity index (χ1n) is 8.41. The molecule has 0 bridgehead atoms. The van der Waals surface area contributed by atoms with Gasteiger partial charge < -0.3 is 10.0 Å². The molecular weight excluding hydrogens is 316 g/mol. The number of carbonyl (C=O) groups is 2. The summed E-state index contributed by atoms with van der Waals surface area (Å²) < 4.78 is 0. The third-order valence-corrected chi connectivity index (χ3v) is 4.30. The van der Waals surface area contributed by atoms with E-state index >= 15 is 0 Å². The molecular formula is C20H20N2O3. The van der Waals surface area contributed by atoms with E-state index in [4.69, 9.17) is 5.11 Å². The number of hydrogen-bond donors (Lipinski definition) is 1. The van der Waals surface area contributed by atoms with Gasteiger partial charge in [-0.15, -0.1) is 0 Å². The van der Waals surface area contributed by atoms with Crippen LogP contribution in [-0.2, 0) is 0 Å². The first-order valence-corrected chi connectivity index (χ1v) is 8.41. The molecule has 1 amide bonds. The minimum absolute atomic E-state index is 0.0483. The molecule has 2 aromatic rings. The van der Waals surface area contributed by atoms with Crippen molar-refractivity contribution in [3.05, 3.63) is 65.0 Å². The zero-order chi connectivity index (χ0) is 17.6. The van der Waals surface area contributed by atoms with Gasteiger partial charge in [-0.25, -0.2) is 4.79 Å². The van der Waals surface area contributed by atoms with E-state index in [1.165, 1.54) is 24.8 Å². The Morgan fingerprint density at radius 1 is 1.04 bits per heavy atom. The van der Waals surface area contributed by atoms with Crippen LogP contribution >= 0.6 is 0 Å². The van der Waals surface area contributed by atoms with Gasteiger partial charge in [0.25, 0.3) is 5.91 Å². The van der Waals surface area contributed by atoms with Gasteiger partial charge >= 0.3 is 5.97 Å². The lowest BCUT2D eigenvalue weighted by molar-refractivity contribution is 0.0694. The van der Waals surface area contributed by atoms with Crippen LogP contribution in [0, 0.1) is 0 Å². The molecule has 1 N–H and O–H groups in total. The first-order chi connectivity index (χ1) is 12.1. The minimum Gasteiger partial charge on any atom is -0.478 e. The monoisotopic (exact) mass is 336 g/mol. The van der Waals surface area contributed by atoms with Crippen LogP contribution < -0.4 is 0 Å². The second kappa shape index (κ2) is 7.75. The second-order valence-corrected chi connectivity index (χ2v) is 6.05. The highest BCUT2D eigenvalue weighted by Crippen LogP contribution is 2.18. The summed E-state index contributed by atoms with van der Waals surface area (Å²) in [6, 6.07) is 10.4. The molecule has 0 aliphatic carbocycles. The smallest absolute Gasteiger partial charge is 0.335 e. The van der Waals surface area contributed by atoms with Crippen molar-refractivity contribution in [3.8, 4) is 0 Å². The molecule has 0 spiro atoms. The maximum Gasteiger partial charge on any atom is 0.335 e. The third kappa shape index (κ3) is 4.12. The average Bonchev–Trinajstić information content (AvgIpc) is 2.67. The molecule has 0 atom stereocenters. The first kappa shape index (κ1) is 16.9. The highest BCUT2D eigenvalue weighted by atomic mass is 16.4. The van der Waals surface area contributed by atoms with Crippen molar-refractivity contribution in [2.45, 2.75) is 19.3 Å². The Morgan fingerprint density at radius 2 is 1.80 bits per heavy atom. The number of aromatic carboxylic acids is 1. The summed E-state index contributed by atoms with van der Waals surface area (Å²) in [5, 5.41) is 9.05. The molecule has 2 heterocycles. The molecule has 1 fully saturated rings. The standard InChI is InChI=1S/C20H20N2O3/c23-19(22-12-4-1-5-13-22)18-7-3-2-6-15(18)8-9-17-14-16(20(24)25)10-11-21-17/h2-3,6-11,14H,1,4-5,12-13H2,(H,24,25)/b9-8+. The number of hydrogen-bond acceptors (Lipinski definition) is 3. The minimum atomic E-state index is -0.988. The summed E-state index contributed by atoms with van der Waals surface area (Å²) in [4.78, 5) is 29.9. The van der Waals surface area contributed by atoms with Gasteiger partial charge in [-0.05, 0) is 49.1 Å². The van der Waals surface area contributed by atoms with Crippen LogP contribution in [0.4, 0.5) is 0 Å². The van der Waals surface area contributed by atoms with Gasteiger partial charge in [0.15, 0.2) is 0 Å². The molecule has 0 radical (unpaired) electrons. The van der Waals surface area contributed by atoms with E-state index in [0.717, 1.165) is 31.5 Å². The second-order valence-electron chi connectivity index (χ2n) is 6.05. The number of aromatic nitrogens is 1. The van der Waals surface area contributed by atoms with Crippen molar-refractivity contribution in [3.63, 3.8) is 0 Å². The van der Waals surface area contributed by atoms with Gasteiger partial charge in [0.05, 0.1) is 11.3 Å². The van der Waals surface area contributed by atoms with E-state index < -0.39 is 5.97 Å². The Bertz CT molecular complexity index is 808. The fraction of sp³-hybridized carbons (Fsp3) is 0.250. The zero-order valence-corrected chi connectivity index (χ0v) is 13.9. The highest BCUT2D eigenvalue weighted by Gasteiger charge is 2.19. The molecule has 1 aromatic carbocycles. The Kier molecular flexibility index (Phi) is 5.23. The average molecular weight is 336 g/mol. The SMILES string of the molecule is O=C(O)c1ccnc(/C=C/c2ccccc2C(=O)N2CCCCC2)c1. The lowest BCUT2D eigenvalue weighted by atomic mass is 10.0. The fourth-order valence-electron chi connectivity index (χ4n) is 2.95.